The summed E-state index contributed by atoms with van der Waals surface area (Å²) < 4.78 is 13.6. The Morgan fingerprint density at radius 2 is 2.00 bits per heavy atom. The van der Waals surface area contributed by atoms with Crippen molar-refractivity contribution in [1.82, 2.24) is 0 Å². The zero-order valence-electron chi connectivity index (χ0n) is 9.18. The van der Waals surface area contributed by atoms with Crippen LogP contribution >= 0.6 is 11.6 Å². The van der Waals surface area contributed by atoms with Crippen molar-refractivity contribution in [3.05, 3.63) is 34.6 Å². The smallest absolute Gasteiger partial charge is 0.126 e. The first-order valence-corrected chi connectivity index (χ1v) is 6.08. The number of aliphatic hydroxyl groups is 1. The van der Waals surface area contributed by atoms with E-state index >= 15 is 0 Å². The topological polar surface area (TPSA) is 20.2 Å². The average molecular weight is 243 g/mol. The summed E-state index contributed by atoms with van der Waals surface area (Å²) in [6.07, 6.45) is 4.81. The Kier molecular flexibility index (Phi) is 3.50. The van der Waals surface area contributed by atoms with E-state index < -0.39 is 0 Å². The van der Waals surface area contributed by atoms with E-state index in [0.29, 0.717) is 17.0 Å². The second-order valence-electron chi connectivity index (χ2n) is 4.78. The first kappa shape index (κ1) is 11.9. The minimum absolute atomic E-state index is 0.120. The predicted molar refractivity (Wildman–Crippen MR) is 63.1 cm³/mol. The summed E-state index contributed by atoms with van der Waals surface area (Å²) in [7, 11) is 0. The molecule has 1 nitrogen and oxygen atoms in total. The number of halogens is 2. The Hall–Kier alpha value is -0.600. The van der Waals surface area contributed by atoms with Gasteiger partial charge in [-0.25, -0.2) is 4.39 Å². The molecule has 0 aromatic heterocycles. The van der Waals surface area contributed by atoms with Gasteiger partial charge < -0.3 is 5.11 Å². The second-order valence-corrected chi connectivity index (χ2v) is 5.21. The molecule has 0 bridgehead atoms. The monoisotopic (exact) mass is 242 g/mol. The normalized spacial score (nSPS) is 18.9. The molecule has 88 valence electrons. The highest BCUT2D eigenvalue weighted by Gasteiger charge is 2.33. The number of hydrogen-bond acceptors (Lipinski definition) is 1. The van der Waals surface area contributed by atoms with Crippen molar-refractivity contribution < 1.29 is 9.50 Å². The molecule has 3 heteroatoms. The lowest BCUT2D eigenvalue weighted by atomic mass is 9.81. The zero-order chi connectivity index (χ0) is 11.6. The fourth-order valence-electron chi connectivity index (χ4n) is 2.60. The molecule has 1 aromatic carbocycles. The van der Waals surface area contributed by atoms with Crippen LogP contribution in [0.5, 0.6) is 0 Å². The van der Waals surface area contributed by atoms with E-state index in [1.807, 2.05) is 0 Å². The van der Waals surface area contributed by atoms with Gasteiger partial charge in [0.25, 0.3) is 0 Å². The first-order chi connectivity index (χ1) is 7.65. The highest BCUT2D eigenvalue weighted by atomic mass is 35.5. The second kappa shape index (κ2) is 4.72. The summed E-state index contributed by atoms with van der Waals surface area (Å²) in [6, 6.07) is 4.63. The highest BCUT2D eigenvalue weighted by molar-refractivity contribution is 6.30. The molecule has 1 fully saturated rings. The molecule has 1 aliphatic rings. The molecule has 0 radical (unpaired) electrons. The average Bonchev–Trinajstić information content (AvgIpc) is 2.73. The van der Waals surface area contributed by atoms with Crippen molar-refractivity contribution in [2.45, 2.75) is 32.1 Å². The molecular weight excluding hydrogens is 227 g/mol. The highest BCUT2D eigenvalue weighted by Crippen LogP contribution is 2.41. The largest absolute Gasteiger partial charge is 0.396 e. The van der Waals surface area contributed by atoms with Crippen LogP contribution in [0.25, 0.3) is 0 Å². The van der Waals surface area contributed by atoms with E-state index in [-0.39, 0.29) is 17.8 Å². The van der Waals surface area contributed by atoms with Gasteiger partial charge in [0, 0.05) is 11.6 Å². The maximum Gasteiger partial charge on any atom is 0.126 e. The fourth-order valence-corrected chi connectivity index (χ4v) is 2.79. The summed E-state index contributed by atoms with van der Waals surface area (Å²) in [5, 5.41) is 10.0. The predicted octanol–water partition coefficient (Wildman–Crippen LogP) is 3.57. The quantitative estimate of drug-likeness (QED) is 0.859. The number of rotatable bonds is 3. The molecule has 1 N–H and O–H groups in total. The molecule has 0 unspecified atom stereocenters. The molecule has 0 aliphatic heterocycles. The molecule has 0 saturated heterocycles. The molecule has 0 heterocycles. The Morgan fingerprint density at radius 3 is 2.62 bits per heavy atom. The van der Waals surface area contributed by atoms with Crippen LogP contribution in [0.15, 0.2) is 18.2 Å². The van der Waals surface area contributed by atoms with E-state index in [1.54, 1.807) is 12.1 Å². The van der Waals surface area contributed by atoms with Crippen LogP contribution in [0.3, 0.4) is 0 Å². The van der Waals surface area contributed by atoms with Crippen molar-refractivity contribution in [1.29, 1.82) is 0 Å². The van der Waals surface area contributed by atoms with Gasteiger partial charge in [-0.1, -0.05) is 24.4 Å². The third kappa shape index (κ3) is 2.38. The van der Waals surface area contributed by atoms with Gasteiger partial charge in [0.15, 0.2) is 0 Å². The van der Waals surface area contributed by atoms with Crippen molar-refractivity contribution >= 4 is 11.6 Å². The lowest BCUT2D eigenvalue weighted by Crippen LogP contribution is -2.24. The minimum Gasteiger partial charge on any atom is -0.396 e. The van der Waals surface area contributed by atoms with Gasteiger partial charge in [-0.2, -0.15) is 0 Å². The van der Waals surface area contributed by atoms with Crippen LogP contribution in [-0.2, 0) is 6.42 Å². The van der Waals surface area contributed by atoms with Crippen LogP contribution < -0.4 is 0 Å². The molecule has 1 aromatic rings. The van der Waals surface area contributed by atoms with Gasteiger partial charge in [0.05, 0.1) is 0 Å². The van der Waals surface area contributed by atoms with Crippen molar-refractivity contribution in [2.24, 2.45) is 5.41 Å². The number of aliphatic hydroxyl groups excluding tert-OH is 1. The number of hydrogen-bond donors (Lipinski definition) is 1. The van der Waals surface area contributed by atoms with Gasteiger partial charge >= 0.3 is 0 Å². The van der Waals surface area contributed by atoms with E-state index in [0.717, 1.165) is 25.7 Å². The van der Waals surface area contributed by atoms with Crippen molar-refractivity contribution in [3.8, 4) is 0 Å². The summed E-state index contributed by atoms with van der Waals surface area (Å²) in [5.74, 6) is -0.218. The summed E-state index contributed by atoms with van der Waals surface area (Å²) in [4.78, 5) is 0. The van der Waals surface area contributed by atoms with Gasteiger partial charge in [-0.3, -0.25) is 0 Å². The van der Waals surface area contributed by atoms with E-state index in [2.05, 4.69) is 0 Å². The van der Waals surface area contributed by atoms with Gasteiger partial charge in [0.2, 0.25) is 0 Å². The molecule has 1 saturated carbocycles. The maximum absolute atomic E-state index is 13.6. The molecule has 0 spiro atoms. The van der Waals surface area contributed by atoms with Crippen LogP contribution in [-0.4, -0.2) is 11.7 Å². The van der Waals surface area contributed by atoms with Crippen LogP contribution in [0, 0.1) is 11.2 Å². The Bertz CT molecular complexity index is 372. The molecule has 2 rings (SSSR count). The molecule has 1 aliphatic carbocycles. The third-order valence-electron chi connectivity index (χ3n) is 3.57. The standard InChI is InChI=1S/C13H16ClFO/c14-11-3-4-12(15)10(7-11)8-13(9-16)5-1-2-6-13/h3-4,7,16H,1-2,5-6,8-9H2. The lowest BCUT2D eigenvalue weighted by molar-refractivity contribution is 0.129. The van der Waals surface area contributed by atoms with Gasteiger partial charge in [0.1, 0.15) is 5.82 Å². The maximum atomic E-state index is 13.6. The van der Waals surface area contributed by atoms with E-state index in [9.17, 15) is 9.50 Å². The minimum atomic E-state index is -0.218. The van der Waals surface area contributed by atoms with E-state index in [1.165, 1.54) is 6.07 Å². The van der Waals surface area contributed by atoms with Crippen LogP contribution in [0.4, 0.5) is 4.39 Å². The zero-order valence-corrected chi connectivity index (χ0v) is 9.93. The molecule has 0 atom stereocenters. The van der Waals surface area contributed by atoms with Gasteiger partial charge in [-0.15, -0.1) is 0 Å². The van der Waals surface area contributed by atoms with Crippen LogP contribution in [0.1, 0.15) is 31.2 Å². The number of benzene rings is 1. The summed E-state index contributed by atoms with van der Waals surface area (Å²) in [6.45, 7) is 0.138. The fraction of sp³-hybridized carbons (Fsp3) is 0.538. The summed E-state index contributed by atoms with van der Waals surface area (Å²) in [5.41, 5.74) is 0.509. The molecular formula is C13H16ClFO. The lowest BCUT2D eigenvalue weighted by Gasteiger charge is -2.26. The van der Waals surface area contributed by atoms with Crippen molar-refractivity contribution in [2.75, 3.05) is 6.61 Å². The Morgan fingerprint density at radius 1 is 1.31 bits per heavy atom. The van der Waals surface area contributed by atoms with Crippen LogP contribution in [0.2, 0.25) is 5.02 Å². The van der Waals surface area contributed by atoms with E-state index in [4.69, 9.17) is 11.6 Å². The first-order valence-electron chi connectivity index (χ1n) is 5.70. The Labute approximate surface area is 100 Å². The molecule has 16 heavy (non-hydrogen) atoms. The SMILES string of the molecule is OCC1(Cc2cc(Cl)ccc2F)CCCC1. The van der Waals surface area contributed by atoms with Crippen molar-refractivity contribution in [3.63, 3.8) is 0 Å². The Balaban J connectivity index is 2.21. The van der Waals surface area contributed by atoms with Gasteiger partial charge in [-0.05, 0) is 48.4 Å². The third-order valence-corrected chi connectivity index (χ3v) is 3.81. The summed E-state index contributed by atoms with van der Waals surface area (Å²) >= 11 is 5.86. The molecule has 0 amide bonds.